The summed E-state index contributed by atoms with van der Waals surface area (Å²) in [6.45, 7) is -0.365. The second-order valence-corrected chi connectivity index (χ2v) is 4.15. The zero-order chi connectivity index (χ0) is 13.8. The predicted molar refractivity (Wildman–Crippen MR) is 65.5 cm³/mol. The molecule has 0 aliphatic carbocycles. The number of imide groups is 1. The number of nitrogens with zero attached hydrogens (tertiary/aromatic N) is 1. The van der Waals surface area contributed by atoms with Crippen LogP contribution in [0.15, 0.2) is 24.3 Å². The first-order chi connectivity index (χ1) is 9.13. The van der Waals surface area contributed by atoms with Crippen molar-refractivity contribution < 1.29 is 24.2 Å². The lowest BCUT2D eigenvalue weighted by molar-refractivity contribution is -0.160. The number of carbonyl (C=O) groups excluding carboxylic acids is 2. The second kappa shape index (κ2) is 5.81. The minimum Gasteiger partial charge on any atom is -0.496 e. The maximum Gasteiger partial charge on any atom is 0.255 e. The van der Waals surface area contributed by atoms with Crippen LogP contribution in [0.2, 0.25) is 0 Å². The van der Waals surface area contributed by atoms with Crippen LogP contribution >= 0.6 is 0 Å². The molecule has 1 unspecified atom stereocenters. The minimum absolute atomic E-state index is 0.0958. The van der Waals surface area contributed by atoms with E-state index < -0.39 is 17.9 Å². The van der Waals surface area contributed by atoms with Crippen molar-refractivity contribution in [2.75, 3.05) is 26.9 Å². The fourth-order valence-electron chi connectivity index (χ4n) is 1.94. The van der Waals surface area contributed by atoms with Gasteiger partial charge in [-0.1, -0.05) is 18.2 Å². The van der Waals surface area contributed by atoms with E-state index in [9.17, 15) is 14.7 Å². The third-order valence-corrected chi connectivity index (χ3v) is 2.91. The Hall–Kier alpha value is -1.92. The normalized spacial score (nSPS) is 17.5. The SMILES string of the molecule is COc1ccccc1C(O)CN1C(=O)COCC1=O. The molecule has 2 amide bonds. The number of methoxy groups -OCH3 is 1. The van der Waals surface area contributed by atoms with Crippen LogP contribution in [-0.4, -0.2) is 48.7 Å². The summed E-state index contributed by atoms with van der Waals surface area (Å²) in [5.41, 5.74) is 0.539. The van der Waals surface area contributed by atoms with Crippen LogP contribution in [0.1, 0.15) is 11.7 Å². The van der Waals surface area contributed by atoms with E-state index in [-0.39, 0.29) is 19.8 Å². The van der Waals surface area contributed by atoms with Crippen molar-refractivity contribution in [1.29, 1.82) is 0 Å². The average molecular weight is 265 g/mol. The van der Waals surface area contributed by atoms with Crippen LogP contribution in [0, 0.1) is 0 Å². The minimum atomic E-state index is -0.984. The Balaban J connectivity index is 2.13. The molecule has 1 atom stereocenters. The van der Waals surface area contributed by atoms with Crippen LogP contribution in [0.3, 0.4) is 0 Å². The lowest BCUT2D eigenvalue weighted by Crippen LogP contribution is -2.47. The molecule has 0 spiro atoms. The van der Waals surface area contributed by atoms with Crippen LogP contribution in [0.25, 0.3) is 0 Å². The molecule has 0 radical (unpaired) electrons. The van der Waals surface area contributed by atoms with Gasteiger partial charge in [-0.3, -0.25) is 14.5 Å². The first kappa shape index (κ1) is 13.5. The fraction of sp³-hybridized carbons (Fsp3) is 0.385. The molecule has 1 fully saturated rings. The number of amides is 2. The number of rotatable bonds is 4. The second-order valence-electron chi connectivity index (χ2n) is 4.15. The molecule has 0 aromatic heterocycles. The van der Waals surface area contributed by atoms with Gasteiger partial charge in [0.05, 0.1) is 13.7 Å². The summed E-state index contributed by atoms with van der Waals surface area (Å²) in [7, 11) is 1.50. The number of para-hydroxylation sites is 1. The van der Waals surface area contributed by atoms with Crippen molar-refractivity contribution in [3.8, 4) is 5.75 Å². The maximum atomic E-state index is 11.6. The van der Waals surface area contributed by atoms with Gasteiger partial charge in [0, 0.05) is 5.56 Å². The highest BCUT2D eigenvalue weighted by atomic mass is 16.5. The Labute approximate surface area is 110 Å². The van der Waals surface area contributed by atoms with E-state index >= 15 is 0 Å². The molecule has 1 aliphatic rings. The fourth-order valence-corrected chi connectivity index (χ4v) is 1.94. The summed E-state index contributed by atoms with van der Waals surface area (Å²) in [4.78, 5) is 24.1. The Morgan fingerprint density at radius 1 is 1.32 bits per heavy atom. The van der Waals surface area contributed by atoms with Gasteiger partial charge in [-0.15, -0.1) is 0 Å². The van der Waals surface area contributed by atoms with E-state index in [4.69, 9.17) is 9.47 Å². The molecule has 6 nitrogen and oxygen atoms in total. The number of ether oxygens (including phenoxy) is 2. The monoisotopic (exact) mass is 265 g/mol. The number of aliphatic hydroxyl groups is 1. The van der Waals surface area contributed by atoms with Crippen molar-refractivity contribution in [3.63, 3.8) is 0 Å². The van der Waals surface area contributed by atoms with Gasteiger partial charge in [0.25, 0.3) is 11.8 Å². The number of carbonyl (C=O) groups is 2. The van der Waals surface area contributed by atoms with E-state index in [0.29, 0.717) is 11.3 Å². The Bertz CT molecular complexity index is 472. The van der Waals surface area contributed by atoms with E-state index in [1.54, 1.807) is 24.3 Å². The zero-order valence-corrected chi connectivity index (χ0v) is 10.5. The zero-order valence-electron chi connectivity index (χ0n) is 10.5. The highest BCUT2D eigenvalue weighted by Gasteiger charge is 2.29. The molecular formula is C13H15NO5. The number of aliphatic hydroxyl groups excluding tert-OH is 1. The van der Waals surface area contributed by atoms with Gasteiger partial charge >= 0.3 is 0 Å². The summed E-state index contributed by atoms with van der Waals surface area (Å²) in [5, 5.41) is 10.2. The highest BCUT2D eigenvalue weighted by Crippen LogP contribution is 2.25. The highest BCUT2D eigenvalue weighted by molar-refractivity contribution is 5.98. The molecule has 1 heterocycles. The Kier molecular flexibility index (Phi) is 4.13. The number of hydrogen-bond donors (Lipinski definition) is 1. The van der Waals surface area contributed by atoms with E-state index in [2.05, 4.69) is 0 Å². The number of benzene rings is 1. The maximum absolute atomic E-state index is 11.6. The molecule has 1 N–H and O–H groups in total. The average Bonchev–Trinajstić information content (AvgIpc) is 2.42. The first-order valence-corrected chi connectivity index (χ1v) is 5.85. The summed E-state index contributed by atoms with van der Waals surface area (Å²) in [6.07, 6.45) is -0.984. The lowest BCUT2D eigenvalue weighted by atomic mass is 10.1. The topological polar surface area (TPSA) is 76.1 Å². The molecule has 1 aromatic rings. The van der Waals surface area contributed by atoms with Gasteiger partial charge < -0.3 is 14.6 Å². The van der Waals surface area contributed by atoms with Crippen molar-refractivity contribution in [2.45, 2.75) is 6.10 Å². The largest absolute Gasteiger partial charge is 0.496 e. The van der Waals surface area contributed by atoms with Crippen LogP contribution in [0.4, 0.5) is 0 Å². The molecule has 19 heavy (non-hydrogen) atoms. The molecule has 1 saturated heterocycles. The van der Waals surface area contributed by atoms with Gasteiger partial charge in [-0.2, -0.15) is 0 Å². The van der Waals surface area contributed by atoms with Crippen molar-refractivity contribution >= 4 is 11.8 Å². The summed E-state index contributed by atoms with van der Waals surface area (Å²) in [6, 6.07) is 6.94. The summed E-state index contributed by atoms with van der Waals surface area (Å²) < 4.78 is 9.95. The summed E-state index contributed by atoms with van der Waals surface area (Å²) >= 11 is 0. The van der Waals surface area contributed by atoms with Crippen molar-refractivity contribution in [1.82, 2.24) is 4.90 Å². The molecule has 0 saturated carbocycles. The third kappa shape index (κ3) is 2.91. The van der Waals surface area contributed by atoms with Gasteiger partial charge in [-0.25, -0.2) is 0 Å². The van der Waals surface area contributed by atoms with E-state index in [1.807, 2.05) is 0 Å². The van der Waals surface area contributed by atoms with Gasteiger partial charge in [0.15, 0.2) is 0 Å². The molecule has 6 heteroatoms. The number of β-amino-alcohol motifs (C(OH)–C–C–N with tert-alkyl or cyclic N) is 1. The lowest BCUT2D eigenvalue weighted by Gasteiger charge is -2.27. The first-order valence-electron chi connectivity index (χ1n) is 5.85. The van der Waals surface area contributed by atoms with Crippen molar-refractivity contribution in [3.05, 3.63) is 29.8 Å². The molecule has 1 aromatic carbocycles. The van der Waals surface area contributed by atoms with Crippen molar-refractivity contribution in [2.24, 2.45) is 0 Å². The molecule has 0 bridgehead atoms. The molecule has 102 valence electrons. The van der Waals surface area contributed by atoms with Crippen LogP contribution in [-0.2, 0) is 14.3 Å². The Morgan fingerprint density at radius 3 is 2.58 bits per heavy atom. The van der Waals surface area contributed by atoms with Crippen LogP contribution < -0.4 is 4.74 Å². The quantitative estimate of drug-likeness (QED) is 0.782. The smallest absolute Gasteiger partial charge is 0.255 e. The Morgan fingerprint density at radius 2 is 1.95 bits per heavy atom. The standard InChI is InChI=1S/C13H15NO5/c1-18-11-5-3-2-4-9(11)10(15)6-14-12(16)7-19-8-13(14)17/h2-5,10,15H,6-8H2,1H3. The summed E-state index contributed by atoms with van der Waals surface area (Å²) in [5.74, 6) is -0.362. The van der Waals surface area contributed by atoms with Gasteiger partial charge in [0.1, 0.15) is 25.1 Å². The van der Waals surface area contributed by atoms with E-state index in [1.165, 1.54) is 7.11 Å². The predicted octanol–water partition coefficient (Wildman–Crippen LogP) is 0.114. The molecule has 1 aliphatic heterocycles. The van der Waals surface area contributed by atoms with Gasteiger partial charge in [0.2, 0.25) is 0 Å². The molecular weight excluding hydrogens is 250 g/mol. The molecule has 2 rings (SSSR count). The number of hydrogen-bond acceptors (Lipinski definition) is 5. The number of morpholine rings is 1. The third-order valence-electron chi connectivity index (χ3n) is 2.91. The van der Waals surface area contributed by atoms with Crippen LogP contribution in [0.5, 0.6) is 5.75 Å². The van der Waals surface area contributed by atoms with E-state index in [0.717, 1.165) is 4.90 Å². The van der Waals surface area contributed by atoms with Gasteiger partial charge in [-0.05, 0) is 6.07 Å².